The third-order valence-electron chi connectivity index (χ3n) is 6.04. The Morgan fingerprint density at radius 3 is 2.44 bits per heavy atom. The lowest BCUT2D eigenvalue weighted by Crippen LogP contribution is -2.50. The van der Waals surface area contributed by atoms with E-state index in [-0.39, 0.29) is 29.4 Å². The van der Waals surface area contributed by atoms with Crippen molar-refractivity contribution in [3.63, 3.8) is 0 Å². The number of amides is 1. The number of fused-ring (bicyclic) bond motifs is 2. The zero-order valence-corrected chi connectivity index (χ0v) is 19.5. The van der Waals surface area contributed by atoms with Gasteiger partial charge in [0.25, 0.3) is 0 Å². The minimum Gasteiger partial charge on any atom is -0.473 e. The number of pyridine rings is 1. The predicted molar refractivity (Wildman–Crippen MR) is 119 cm³/mol. The molecule has 2 unspecified atom stereocenters. The molecule has 0 N–H and O–H groups in total. The van der Waals surface area contributed by atoms with Crippen molar-refractivity contribution >= 4 is 6.09 Å². The summed E-state index contributed by atoms with van der Waals surface area (Å²) in [7, 11) is 0. The maximum atomic E-state index is 12.5. The monoisotopic (exact) mass is 440 g/mol. The summed E-state index contributed by atoms with van der Waals surface area (Å²) in [5.74, 6) is 2.16. The van der Waals surface area contributed by atoms with Crippen molar-refractivity contribution in [3.8, 4) is 17.5 Å². The molecule has 4 rings (SSSR count). The van der Waals surface area contributed by atoms with E-state index in [2.05, 4.69) is 35.7 Å². The minimum atomic E-state index is -0.226. The molecule has 8 heteroatoms. The number of hydrogen-bond donors (Lipinski definition) is 0. The summed E-state index contributed by atoms with van der Waals surface area (Å²) >= 11 is 0. The summed E-state index contributed by atoms with van der Waals surface area (Å²) in [6.07, 6.45) is 5.04. The summed E-state index contributed by atoms with van der Waals surface area (Å²) in [6.45, 7) is 11.7. The molecule has 2 aromatic rings. The van der Waals surface area contributed by atoms with Gasteiger partial charge in [-0.3, -0.25) is 4.98 Å². The van der Waals surface area contributed by atoms with Crippen LogP contribution in [0.3, 0.4) is 0 Å². The fraction of sp³-hybridized carbons (Fsp3) is 0.583. The number of piperidine rings is 1. The van der Waals surface area contributed by atoms with Gasteiger partial charge in [-0.1, -0.05) is 20.8 Å². The molecular weight excluding hydrogens is 408 g/mol. The fourth-order valence-corrected chi connectivity index (χ4v) is 4.33. The van der Waals surface area contributed by atoms with E-state index >= 15 is 0 Å². The van der Waals surface area contributed by atoms with E-state index < -0.39 is 0 Å². The molecule has 3 heterocycles. The number of nitrogens with zero attached hydrogens (tertiary/aromatic N) is 4. The van der Waals surface area contributed by atoms with E-state index in [1.54, 1.807) is 6.20 Å². The van der Waals surface area contributed by atoms with Gasteiger partial charge in [-0.15, -0.1) is 0 Å². The molecule has 1 saturated heterocycles. The molecule has 1 saturated carbocycles. The lowest BCUT2D eigenvalue weighted by atomic mass is 9.95. The third-order valence-corrected chi connectivity index (χ3v) is 6.04. The van der Waals surface area contributed by atoms with E-state index in [4.69, 9.17) is 14.2 Å². The maximum Gasteiger partial charge on any atom is 0.409 e. The molecule has 8 nitrogen and oxygen atoms in total. The normalized spacial score (nSPS) is 22.5. The van der Waals surface area contributed by atoms with Crippen LogP contribution in [0.4, 0.5) is 4.79 Å². The molecule has 2 aromatic heterocycles. The molecular formula is C24H32N4O4. The molecule has 0 radical (unpaired) electrons. The number of carbonyl (C=O) groups is 1. The lowest BCUT2D eigenvalue weighted by molar-refractivity contribution is 0.0149. The largest absolute Gasteiger partial charge is 0.473 e. The third kappa shape index (κ3) is 4.95. The molecule has 2 bridgehead atoms. The molecule has 2 fully saturated rings. The molecule has 2 aliphatic rings. The average Bonchev–Trinajstić information content (AvgIpc) is 2.96. The van der Waals surface area contributed by atoms with Gasteiger partial charge in [0.1, 0.15) is 12.4 Å². The Hall–Kier alpha value is -2.90. The van der Waals surface area contributed by atoms with Crippen LogP contribution in [0.25, 0.3) is 0 Å². The summed E-state index contributed by atoms with van der Waals surface area (Å²) in [5.41, 5.74) is 1.49. The Morgan fingerprint density at radius 2 is 1.78 bits per heavy atom. The van der Waals surface area contributed by atoms with Gasteiger partial charge in [0.2, 0.25) is 11.8 Å². The highest BCUT2D eigenvalue weighted by molar-refractivity contribution is 5.68. The standard InChI is InChI=1S/C24H32N4O4/c1-15-21(31-19-7-6-10-25-16(19)2)26-14-27-22(15)32-20-17-8-9-18(20)12-28(11-17)23(29)30-13-24(3,4)5/h6-7,10,14,17-18,20H,8-9,11-13H2,1-5H3. The van der Waals surface area contributed by atoms with Crippen molar-refractivity contribution in [2.45, 2.75) is 53.6 Å². The SMILES string of the molecule is Cc1ncccc1Oc1ncnc(OC2C3CCC2CN(C(=O)OCC(C)(C)C)C3)c1C. The van der Waals surface area contributed by atoms with Crippen molar-refractivity contribution in [2.75, 3.05) is 19.7 Å². The van der Waals surface area contributed by atoms with Crippen LogP contribution in [0.15, 0.2) is 24.7 Å². The van der Waals surface area contributed by atoms with E-state index in [1.165, 1.54) is 6.33 Å². The molecule has 32 heavy (non-hydrogen) atoms. The number of likely N-dealkylation sites (tertiary alicyclic amines) is 1. The van der Waals surface area contributed by atoms with Gasteiger partial charge in [0.05, 0.1) is 17.9 Å². The Bertz CT molecular complexity index is 961. The molecule has 1 aliphatic carbocycles. The first-order valence-corrected chi connectivity index (χ1v) is 11.2. The lowest BCUT2D eigenvalue weighted by Gasteiger charge is -2.37. The zero-order chi connectivity index (χ0) is 22.9. The van der Waals surface area contributed by atoms with Crippen LogP contribution in [0.1, 0.15) is 44.9 Å². The van der Waals surface area contributed by atoms with Crippen LogP contribution in [0, 0.1) is 31.1 Å². The van der Waals surface area contributed by atoms with Gasteiger partial charge in [-0.25, -0.2) is 14.8 Å². The van der Waals surface area contributed by atoms with Crippen molar-refractivity contribution in [3.05, 3.63) is 35.9 Å². The van der Waals surface area contributed by atoms with E-state index in [0.717, 1.165) is 24.1 Å². The van der Waals surface area contributed by atoms with Gasteiger partial charge in [0.15, 0.2) is 5.75 Å². The average molecular weight is 441 g/mol. The molecule has 2 atom stereocenters. The molecule has 1 amide bonds. The van der Waals surface area contributed by atoms with Gasteiger partial charge in [0, 0.05) is 31.1 Å². The van der Waals surface area contributed by atoms with Crippen molar-refractivity contribution in [2.24, 2.45) is 17.3 Å². The van der Waals surface area contributed by atoms with Gasteiger partial charge in [-0.2, -0.15) is 0 Å². The summed E-state index contributed by atoms with van der Waals surface area (Å²) in [4.78, 5) is 27.3. The quantitative estimate of drug-likeness (QED) is 0.674. The highest BCUT2D eigenvalue weighted by Crippen LogP contribution is 2.40. The topological polar surface area (TPSA) is 86.7 Å². The molecule has 0 aromatic carbocycles. The number of ether oxygens (including phenoxy) is 3. The van der Waals surface area contributed by atoms with Crippen LogP contribution in [0.5, 0.6) is 17.5 Å². The number of aryl methyl sites for hydroxylation is 1. The van der Waals surface area contributed by atoms with E-state index in [0.29, 0.717) is 37.2 Å². The summed E-state index contributed by atoms with van der Waals surface area (Å²) in [5, 5.41) is 0. The number of rotatable bonds is 5. The second kappa shape index (κ2) is 8.92. The molecule has 0 spiro atoms. The first-order valence-electron chi connectivity index (χ1n) is 11.2. The fourth-order valence-electron chi connectivity index (χ4n) is 4.33. The number of hydrogen-bond acceptors (Lipinski definition) is 7. The zero-order valence-electron chi connectivity index (χ0n) is 19.5. The summed E-state index contributed by atoms with van der Waals surface area (Å²) < 4.78 is 17.9. The second-order valence-corrected chi connectivity index (χ2v) is 10.00. The maximum absolute atomic E-state index is 12.5. The second-order valence-electron chi connectivity index (χ2n) is 10.00. The van der Waals surface area contributed by atoms with Gasteiger partial charge < -0.3 is 19.1 Å². The van der Waals surface area contributed by atoms with Gasteiger partial charge >= 0.3 is 6.09 Å². The van der Waals surface area contributed by atoms with Crippen LogP contribution in [-0.4, -0.2) is 51.7 Å². The van der Waals surface area contributed by atoms with E-state index in [1.807, 2.05) is 30.9 Å². The van der Waals surface area contributed by atoms with Crippen molar-refractivity contribution in [1.29, 1.82) is 0 Å². The highest BCUT2D eigenvalue weighted by atomic mass is 16.6. The van der Waals surface area contributed by atoms with Crippen LogP contribution < -0.4 is 9.47 Å². The van der Waals surface area contributed by atoms with Crippen LogP contribution in [0.2, 0.25) is 0 Å². The van der Waals surface area contributed by atoms with Crippen molar-refractivity contribution in [1.82, 2.24) is 19.9 Å². The summed E-state index contributed by atoms with van der Waals surface area (Å²) in [6, 6.07) is 3.69. The first-order chi connectivity index (χ1) is 15.2. The predicted octanol–water partition coefficient (Wildman–Crippen LogP) is 4.55. The number of carbonyl (C=O) groups excluding carboxylic acids is 1. The van der Waals surface area contributed by atoms with Crippen LogP contribution in [-0.2, 0) is 4.74 Å². The Balaban J connectivity index is 1.42. The smallest absolute Gasteiger partial charge is 0.409 e. The molecule has 1 aliphatic heterocycles. The Labute approximate surface area is 189 Å². The van der Waals surface area contributed by atoms with E-state index in [9.17, 15) is 4.79 Å². The van der Waals surface area contributed by atoms with Crippen molar-refractivity contribution < 1.29 is 19.0 Å². The molecule has 172 valence electrons. The number of aromatic nitrogens is 3. The first kappa shape index (κ1) is 22.3. The Kier molecular flexibility index (Phi) is 6.22. The van der Waals surface area contributed by atoms with Crippen LogP contribution >= 0.6 is 0 Å². The Morgan fingerprint density at radius 1 is 1.09 bits per heavy atom. The highest BCUT2D eigenvalue weighted by Gasteiger charge is 2.45. The minimum absolute atomic E-state index is 0.0169. The van der Waals surface area contributed by atoms with Gasteiger partial charge in [-0.05, 0) is 44.2 Å².